The predicted octanol–water partition coefficient (Wildman–Crippen LogP) is 3.40. The van der Waals surface area contributed by atoms with E-state index in [1.165, 1.54) is 6.07 Å². The SMILES string of the molecule is Cc1cc(C)c([N+](=O)[O-])cc1Oc1ncc(I)cn1. The van der Waals surface area contributed by atoms with Crippen LogP contribution >= 0.6 is 22.6 Å². The van der Waals surface area contributed by atoms with Crippen molar-refractivity contribution in [2.45, 2.75) is 13.8 Å². The van der Waals surface area contributed by atoms with Crippen LogP contribution < -0.4 is 4.74 Å². The van der Waals surface area contributed by atoms with E-state index in [-0.39, 0.29) is 11.7 Å². The zero-order valence-electron chi connectivity index (χ0n) is 10.3. The first-order valence-electron chi connectivity index (χ1n) is 5.38. The van der Waals surface area contributed by atoms with Gasteiger partial charge in [-0.1, -0.05) is 0 Å². The van der Waals surface area contributed by atoms with Gasteiger partial charge in [0.15, 0.2) is 0 Å². The summed E-state index contributed by atoms with van der Waals surface area (Å²) in [5.41, 5.74) is 1.41. The Bertz CT molecular complexity index is 629. The minimum absolute atomic E-state index is 0.0195. The highest BCUT2D eigenvalue weighted by Crippen LogP contribution is 2.30. The first-order valence-corrected chi connectivity index (χ1v) is 6.46. The zero-order chi connectivity index (χ0) is 14.0. The molecule has 0 bridgehead atoms. The third-order valence-corrected chi connectivity index (χ3v) is 3.05. The van der Waals surface area contributed by atoms with Crippen molar-refractivity contribution < 1.29 is 9.66 Å². The summed E-state index contributed by atoms with van der Waals surface area (Å²) in [6.45, 7) is 3.51. The van der Waals surface area contributed by atoms with E-state index in [2.05, 4.69) is 32.6 Å². The van der Waals surface area contributed by atoms with E-state index in [1.807, 2.05) is 6.92 Å². The lowest BCUT2D eigenvalue weighted by Gasteiger charge is -2.08. The van der Waals surface area contributed by atoms with E-state index < -0.39 is 4.92 Å². The van der Waals surface area contributed by atoms with Crippen molar-refractivity contribution in [3.8, 4) is 11.8 Å². The van der Waals surface area contributed by atoms with Crippen LogP contribution in [0, 0.1) is 27.5 Å². The molecule has 2 rings (SSSR count). The summed E-state index contributed by atoms with van der Waals surface area (Å²) in [6.07, 6.45) is 3.22. The molecule has 98 valence electrons. The number of aromatic nitrogens is 2. The van der Waals surface area contributed by atoms with Crippen molar-refractivity contribution in [1.82, 2.24) is 9.97 Å². The number of rotatable bonds is 3. The fraction of sp³-hybridized carbons (Fsp3) is 0.167. The second-order valence-electron chi connectivity index (χ2n) is 3.95. The molecule has 1 aromatic heterocycles. The highest BCUT2D eigenvalue weighted by Gasteiger charge is 2.15. The van der Waals surface area contributed by atoms with Gasteiger partial charge in [-0.2, -0.15) is 0 Å². The summed E-state index contributed by atoms with van der Waals surface area (Å²) in [5.74, 6) is 0.388. The summed E-state index contributed by atoms with van der Waals surface area (Å²) >= 11 is 2.08. The summed E-state index contributed by atoms with van der Waals surface area (Å²) in [4.78, 5) is 18.5. The molecule has 0 aliphatic rings. The number of benzene rings is 1. The van der Waals surface area contributed by atoms with Gasteiger partial charge in [0.25, 0.3) is 5.69 Å². The summed E-state index contributed by atoms with van der Waals surface area (Å²) in [6, 6.07) is 3.27. The molecule has 0 saturated heterocycles. The van der Waals surface area contributed by atoms with Gasteiger partial charge in [0.05, 0.1) is 11.0 Å². The van der Waals surface area contributed by atoms with E-state index >= 15 is 0 Å². The Hall–Kier alpha value is -1.77. The monoisotopic (exact) mass is 371 g/mol. The van der Waals surface area contributed by atoms with Gasteiger partial charge in [0.2, 0.25) is 0 Å². The molecule has 2 aromatic rings. The number of halogens is 1. The highest BCUT2D eigenvalue weighted by molar-refractivity contribution is 14.1. The van der Waals surface area contributed by atoms with Crippen LogP contribution in [0.2, 0.25) is 0 Å². The fourth-order valence-corrected chi connectivity index (χ4v) is 1.86. The average molecular weight is 371 g/mol. The zero-order valence-corrected chi connectivity index (χ0v) is 12.4. The maximum atomic E-state index is 10.9. The van der Waals surface area contributed by atoms with Crippen LogP contribution in [-0.2, 0) is 0 Å². The molecular weight excluding hydrogens is 361 g/mol. The van der Waals surface area contributed by atoms with Gasteiger partial charge < -0.3 is 4.74 Å². The van der Waals surface area contributed by atoms with Crippen LogP contribution in [0.5, 0.6) is 11.8 Å². The molecule has 0 radical (unpaired) electrons. The molecule has 0 amide bonds. The van der Waals surface area contributed by atoms with Gasteiger partial charge in [-0.15, -0.1) is 0 Å². The third kappa shape index (κ3) is 3.16. The van der Waals surface area contributed by atoms with Gasteiger partial charge in [-0.25, -0.2) is 9.97 Å². The molecule has 0 aliphatic heterocycles. The van der Waals surface area contributed by atoms with Gasteiger partial charge in [-0.05, 0) is 48.1 Å². The number of hydrogen-bond acceptors (Lipinski definition) is 5. The third-order valence-electron chi connectivity index (χ3n) is 2.49. The van der Waals surface area contributed by atoms with Crippen LogP contribution in [-0.4, -0.2) is 14.9 Å². The van der Waals surface area contributed by atoms with Crippen molar-refractivity contribution >= 4 is 28.3 Å². The summed E-state index contributed by atoms with van der Waals surface area (Å²) < 4.78 is 6.37. The highest BCUT2D eigenvalue weighted by atomic mass is 127. The maximum absolute atomic E-state index is 10.9. The Labute approximate surface area is 123 Å². The Morgan fingerprint density at radius 3 is 2.42 bits per heavy atom. The van der Waals surface area contributed by atoms with Crippen LogP contribution in [0.4, 0.5) is 5.69 Å². The first kappa shape index (κ1) is 13.7. The van der Waals surface area contributed by atoms with E-state index in [4.69, 9.17) is 4.74 Å². The normalized spacial score (nSPS) is 10.3. The Balaban J connectivity index is 2.37. The van der Waals surface area contributed by atoms with E-state index in [9.17, 15) is 10.1 Å². The Morgan fingerprint density at radius 1 is 1.21 bits per heavy atom. The second kappa shape index (κ2) is 5.47. The lowest BCUT2D eigenvalue weighted by molar-refractivity contribution is -0.385. The number of aryl methyl sites for hydroxylation is 2. The van der Waals surface area contributed by atoms with E-state index in [0.717, 1.165) is 9.13 Å². The number of ether oxygens (including phenoxy) is 1. The number of nitro benzene ring substituents is 1. The molecule has 0 saturated carbocycles. The van der Waals surface area contributed by atoms with Crippen molar-refractivity contribution in [1.29, 1.82) is 0 Å². The lowest BCUT2D eigenvalue weighted by Crippen LogP contribution is -1.97. The van der Waals surface area contributed by atoms with E-state index in [0.29, 0.717) is 11.3 Å². The van der Waals surface area contributed by atoms with E-state index in [1.54, 1.807) is 25.4 Å². The van der Waals surface area contributed by atoms with Crippen LogP contribution in [0.15, 0.2) is 24.5 Å². The molecule has 0 fully saturated rings. The quantitative estimate of drug-likeness (QED) is 0.470. The molecule has 1 heterocycles. The average Bonchev–Trinajstić information content (AvgIpc) is 2.34. The number of nitro groups is 1. The Kier molecular flexibility index (Phi) is 3.93. The molecule has 0 N–H and O–H groups in total. The topological polar surface area (TPSA) is 78.2 Å². The molecule has 7 heteroatoms. The fourth-order valence-electron chi connectivity index (χ4n) is 1.58. The molecular formula is C12H10IN3O3. The minimum Gasteiger partial charge on any atom is -0.424 e. The summed E-state index contributed by atoms with van der Waals surface area (Å²) in [7, 11) is 0. The second-order valence-corrected chi connectivity index (χ2v) is 5.19. The molecule has 0 atom stereocenters. The largest absolute Gasteiger partial charge is 0.424 e. The van der Waals surface area contributed by atoms with Crippen LogP contribution in [0.3, 0.4) is 0 Å². The predicted molar refractivity (Wildman–Crippen MR) is 77.4 cm³/mol. The minimum atomic E-state index is -0.434. The van der Waals surface area contributed by atoms with Crippen molar-refractivity contribution in [3.05, 3.63) is 49.3 Å². The van der Waals surface area contributed by atoms with Gasteiger partial charge in [0, 0.05) is 21.5 Å². The number of nitrogens with zero attached hydrogens (tertiary/aromatic N) is 3. The standard InChI is InChI=1S/C12H10IN3O3/c1-7-3-8(2)11(4-10(7)16(17)18)19-12-14-5-9(13)6-15-12/h3-6H,1-2H3. The van der Waals surface area contributed by atoms with Crippen molar-refractivity contribution in [3.63, 3.8) is 0 Å². The summed E-state index contributed by atoms with van der Waals surface area (Å²) in [5, 5.41) is 10.9. The van der Waals surface area contributed by atoms with Gasteiger partial charge >= 0.3 is 6.01 Å². The molecule has 1 aromatic carbocycles. The van der Waals surface area contributed by atoms with Crippen molar-refractivity contribution in [2.24, 2.45) is 0 Å². The van der Waals surface area contributed by atoms with Crippen LogP contribution in [0.25, 0.3) is 0 Å². The Morgan fingerprint density at radius 2 is 1.84 bits per heavy atom. The molecule has 6 nitrogen and oxygen atoms in total. The maximum Gasteiger partial charge on any atom is 0.321 e. The van der Waals surface area contributed by atoms with Crippen molar-refractivity contribution in [2.75, 3.05) is 0 Å². The lowest BCUT2D eigenvalue weighted by atomic mass is 10.1. The van der Waals surface area contributed by atoms with Gasteiger partial charge in [0.1, 0.15) is 5.75 Å². The molecule has 19 heavy (non-hydrogen) atoms. The molecule has 0 spiro atoms. The smallest absolute Gasteiger partial charge is 0.321 e. The molecule has 0 unspecified atom stereocenters. The first-order chi connectivity index (χ1) is 8.97. The molecule has 0 aliphatic carbocycles. The van der Waals surface area contributed by atoms with Crippen LogP contribution in [0.1, 0.15) is 11.1 Å². The number of hydrogen-bond donors (Lipinski definition) is 0. The van der Waals surface area contributed by atoms with Gasteiger partial charge in [-0.3, -0.25) is 10.1 Å².